The summed E-state index contributed by atoms with van der Waals surface area (Å²) in [5.41, 5.74) is 0.306. The van der Waals surface area contributed by atoms with Crippen LogP contribution in [-0.4, -0.2) is 18.0 Å². The monoisotopic (exact) mass is 152 g/mol. The highest BCUT2D eigenvalue weighted by Gasteiger charge is 1.94. The molecule has 11 heavy (non-hydrogen) atoms. The summed E-state index contributed by atoms with van der Waals surface area (Å²) in [7, 11) is 0. The predicted molar refractivity (Wildman–Crippen MR) is 39.8 cm³/mol. The SMILES string of the molecule is O=C/C(=C/c1ccco1)CO. The maximum atomic E-state index is 10.2. The molecule has 0 bridgehead atoms. The zero-order valence-corrected chi connectivity index (χ0v) is 5.86. The number of rotatable bonds is 3. The molecule has 0 aliphatic heterocycles. The lowest BCUT2D eigenvalue weighted by atomic mass is 10.2. The van der Waals surface area contributed by atoms with Gasteiger partial charge in [0.2, 0.25) is 0 Å². The molecular formula is C8H8O3. The molecule has 0 amide bonds. The molecule has 0 saturated carbocycles. The second-order valence-electron chi connectivity index (χ2n) is 2.01. The minimum atomic E-state index is -0.260. The van der Waals surface area contributed by atoms with Crippen molar-refractivity contribution in [3.8, 4) is 0 Å². The van der Waals surface area contributed by atoms with Crippen molar-refractivity contribution in [1.29, 1.82) is 0 Å². The molecule has 3 heteroatoms. The molecule has 0 spiro atoms. The Bertz CT molecular complexity index is 246. The first kappa shape index (κ1) is 7.75. The first-order valence-electron chi connectivity index (χ1n) is 3.17. The number of carbonyl (C=O) groups excluding carboxylic acids is 1. The number of carbonyl (C=O) groups is 1. The van der Waals surface area contributed by atoms with Crippen molar-refractivity contribution in [2.75, 3.05) is 6.61 Å². The van der Waals surface area contributed by atoms with E-state index in [9.17, 15) is 4.79 Å². The van der Waals surface area contributed by atoms with Gasteiger partial charge in [0, 0.05) is 5.57 Å². The van der Waals surface area contributed by atoms with Gasteiger partial charge in [-0.1, -0.05) is 0 Å². The average molecular weight is 152 g/mol. The second-order valence-corrected chi connectivity index (χ2v) is 2.01. The molecule has 1 rings (SSSR count). The first-order chi connectivity index (χ1) is 5.36. The molecule has 1 aromatic rings. The lowest BCUT2D eigenvalue weighted by Crippen LogP contribution is -1.89. The van der Waals surface area contributed by atoms with Crippen LogP contribution in [0.4, 0.5) is 0 Å². The zero-order chi connectivity index (χ0) is 8.10. The van der Waals surface area contributed by atoms with Gasteiger partial charge < -0.3 is 9.52 Å². The minimum Gasteiger partial charge on any atom is -0.465 e. The van der Waals surface area contributed by atoms with Gasteiger partial charge in [0.25, 0.3) is 0 Å². The van der Waals surface area contributed by atoms with Gasteiger partial charge >= 0.3 is 0 Å². The molecule has 0 radical (unpaired) electrons. The van der Waals surface area contributed by atoms with Crippen LogP contribution < -0.4 is 0 Å². The Labute approximate surface area is 64.0 Å². The number of hydrogen-bond donors (Lipinski definition) is 1. The lowest BCUT2D eigenvalue weighted by molar-refractivity contribution is -0.105. The van der Waals surface area contributed by atoms with E-state index in [4.69, 9.17) is 9.52 Å². The van der Waals surface area contributed by atoms with Gasteiger partial charge in [-0.2, -0.15) is 0 Å². The molecule has 0 unspecified atom stereocenters. The summed E-state index contributed by atoms with van der Waals surface area (Å²) in [5, 5.41) is 8.58. The molecule has 0 aromatic carbocycles. The van der Waals surface area contributed by atoms with Crippen molar-refractivity contribution in [2.24, 2.45) is 0 Å². The molecule has 0 atom stereocenters. The van der Waals surface area contributed by atoms with E-state index in [1.807, 2.05) is 0 Å². The molecule has 0 aliphatic rings. The van der Waals surface area contributed by atoms with Crippen molar-refractivity contribution in [3.63, 3.8) is 0 Å². The van der Waals surface area contributed by atoms with E-state index in [1.165, 1.54) is 12.3 Å². The largest absolute Gasteiger partial charge is 0.465 e. The summed E-state index contributed by atoms with van der Waals surface area (Å²) < 4.78 is 4.92. The summed E-state index contributed by atoms with van der Waals surface area (Å²) in [4.78, 5) is 10.2. The number of furan rings is 1. The third-order valence-corrected chi connectivity index (χ3v) is 1.20. The van der Waals surface area contributed by atoms with E-state index in [2.05, 4.69) is 0 Å². The van der Waals surface area contributed by atoms with Crippen LogP contribution in [0.15, 0.2) is 28.4 Å². The summed E-state index contributed by atoms with van der Waals surface area (Å²) in [5.74, 6) is 0.571. The van der Waals surface area contributed by atoms with Gasteiger partial charge in [0.1, 0.15) is 12.0 Å². The Hall–Kier alpha value is -1.35. The summed E-state index contributed by atoms with van der Waals surface area (Å²) in [6.45, 7) is -0.260. The lowest BCUT2D eigenvalue weighted by Gasteiger charge is -1.89. The first-order valence-corrected chi connectivity index (χ1v) is 3.17. The van der Waals surface area contributed by atoms with E-state index in [-0.39, 0.29) is 6.61 Å². The fraction of sp³-hybridized carbons (Fsp3) is 0.125. The van der Waals surface area contributed by atoms with Gasteiger partial charge in [-0.15, -0.1) is 0 Å². The van der Waals surface area contributed by atoms with Gasteiger partial charge in [0.05, 0.1) is 12.9 Å². The highest BCUT2D eigenvalue weighted by Crippen LogP contribution is 2.04. The third kappa shape index (κ3) is 2.05. The fourth-order valence-corrected chi connectivity index (χ4v) is 0.673. The zero-order valence-electron chi connectivity index (χ0n) is 5.86. The van der Waals surface area contributed by atoms with Gasteiger partial charge in [-0.3, -0.25) is 4.79 Å². The maximum Gasteiger partial charge on any atom is 0.148 e. The van der Waals surface area contributed by atoms with Crippen LogP contribution in [0.1, 0.15) is 5.76 Å². The number of aliphatic hydroxyl groups excluding tert-OH is 1. The second kappa shape index (κ2) is 3.73. The molecule has 1 N–H and O–H groups in total. The van der Waals surface area contributed by atoms with Crippen molar-refractivity contribution in [1.82, 2.24) is 0 Å². The number of hydrogen-bond acceptors (Lipinski definition) is 3. The quantitative estimate of drug-likeness (QED) is 0.516. The molecule has 58 valence electrons. The van der Waals surface area contributed by atoms with Crippen LogP contribution in [0.3, 0.4) is 0 Å². The number of aliphatic hydroxyl groups is 1. The molecule has 1 heterocycles. The van der Waals surface area contributed by atoms with E-state index >= 15 is 0 Å². The van der Waals surface area contributed by atoms with E-state index < -0.39 is 0 Å². The summed E-state index contributed by atoms with van der Waals surface area (Å²) in [6, 6.07) is 3.42. The van der Waals surface area contributed by atoms with E-state index in [1.54, 1.807) is 12.1 Å². The predicted octanol–water partition coefficient (Wildman–Crippen LogP) is 0.854. The van der Waals surface area contributed by atoms with Crippen molar-refractivity contribution >= 4 is 12.4 Å². The molecule has 0 fully saturated rings. The van der Waals surface area contributed by atoms with Crippen molar-refractivity contribution in [2.45, 2.75) is 0 Å². The molecule has 0 saturated heterocycles. The normalized spacial score (nSPS) is 11.5. The Morgan fingerprint density at radius 2 is 2.55 bits per heavy atom. The Morgan fingerprint density at radius 1 is 1.73 bits per heavy atom. The Morgan fingerprint density at radius 3 is 3.00 bits per heavy atom. The standard InChI is InChI=1S/C8H8O3/c9-5-7(6-10)4-8-2-1-3-11-8/h1-5,10H,6H2/b7-4-. The fourth-order valence-electron chi connectivity index (χ4n) is 0.673. The minimum absolute atomic E-state index is 0.260. The van der Waals surface area contributed by atoms with Gasteiger partial charge in [-0.05, 0) is 18.2 Å². The van der Waals surface area contributed by atoms with Crippen LogP contribution in [0, 0.1) is 0 Å². The van der Waals surface area contributed by atoms with Gasteiger partial charge in [-0.25, -0.2) is 0 Å². The smallest absolute Gasteiger partial charge is 0.148 e. The number of aldehydes is 1. The van der Waals surface area contributed by atoms with Crippen molar-refractivity contribution < 1.29 is 14.3 Å². The average Bonchev–Trinajstić information content (AvgIpc) is 2.52. The van der Waals surface area contributed by atoms with E-state index in [0.717, 1.165) is 0 Å². The molecular weight excluding hydrogens is 144 g/mol. The van der Waals surface area contributed by atoms with Crippen molar-refractivity contribution in [3.05, 3.63) is 29.7 Å². The summed E-state index contributed by atoms with van der Waals surface area (Å²) >= 11 is 0. The molecule has 3 nitrogen and oxygen atoms in total. The Balaban J connectivity index is 2.79. The summed E-state index contributed by atoms with van der Waals surface area (Å²) in [6.07, 6.45) is 3.60. The molecule has 1 aromatic heterocycles. The van der Waals surface area contributed by atoms with Crippen LogP contribution in [0.25, 0.3) is 6.08 Å². The third-order valence-electron chi connectivity index (χ3n) is 1.20. The highest BCUT2D eigenvalue weighted by atomic mass is 16.3. The van der Waals surface area contributed by atoms with Crippen LogP contribution in [0.2, 0.25) is 0 Å². The van der Waals surface area contributed by atoms with Crippen LogP contribution in [0.5, 0.6) is 0 Å². The van der Waals surface area contributed by atoms with Crippen LogP contribution in [-0.2, 0) is 4.79 Å². The topological polar surface area (TPSA) is 50.4 Å². The molecule has 0 aliphatic carbocycles. The van der Waals surface area contributed by atoms with Gasteiger partial charge in [0.15, 0.2) is 0 Å². The van der Waals surface area contributed by atoms with E-state index in [0.29, 0.717) is 17.6 Å². The maximum absolute atomic E-state index is 10.2. The Kier molecular flexibility index (Phi) is 2.63. The highest BCUT2D eigenvalue weighted by molar-refractivity contribution is 5.80. The van der Waals surface area contributed by atoms with Crippen LogP contribution >= 0.6 is 0 Å².